The number of hydrogen-bond donors (Lipinski definition) is 0. The molecular formula is C30H52O. The van der Waals surface area contributed by atoms with Gasteiger partial charge in [-0.05, 0) is 97.7 Å². The van der Waals surface area contributed by atoms with Crippen LogP contribution < -0.4 is 0 Å². The van der Waals surface area contributed by atoms with E-state index < -0.39 is 0 Å². The average Bonchev–Trinajstić information content (AvgIpc) is 3.11. The Morgan fingerprint density at radius 2 is 1.74 bits per heavy atom. The second kappa shape index (κ2) is 10.1. The molecule has 4 aliphatic rings. The van der Waals surface area contributed by atoms with E-state index in [0.717, 1.165) is 35.5 Å². The largest absolute Gasteiger partial charge is 0.381 e. The number of fused-ring (bicyclic) bond motifs is 5. The highest BCUT2D eigenvalue weighted by atomic mass is 16.5. The lowest BCUT2D eigenvalue weighted by atomic mass is 9.47. The third kappa shape index (κ3) is 4.60. The van der Waals surface area contributed by atoms with E-state index in [1.807, 2.05) is 7.11 Å². The Kier molecular flexibility index (Phi) is 8.21. The van der Waals surface area contributed by atoms with E-state index in [-0.39, 0.29) is 0 Å². The Labute approximate surface area is 194 Å². The molecule has 0 aromatic rings. The minimum absolute atomic E-state index is 0.472. The van der Waals surface area contributed by atoms with Crippen LogP contribution in [-0.4, -0.2) is 13.2 Å². The van der Waals surface area contributed by atoms with E-state index >= 15 is 0 Å². The normalized spacial score (nSPS) is 42.5. The van der Waals surface area contributed by atoms with Crippen molar-refractivity contribution >= 4 is 0 Å². The summed E-state index contributed by atoms with van der Waals surface area (Å²) in [6, 6.07) is 0. The first kappa shape index (κ1) is 25.1. The van der Waals surface area contributed by atoms with Gasteiger partial charge >= 0.3 is 0 Å². The molecule has 3 saturated carbocycles. The highest BCUT2D eigenvalue weighted by Gasteiger charge is 2.59. The molecule has 1 nitrogen and oxygen atoms in total. The molecule has 0 aliphatic heterocycles. The third-order valence-corrected chi connectivity index (χ3v) is 10.6. The molecular weight excluding hydrogens is 376 g/mol. The van der Waals surface area contributed by atoms with Crippen molar-refractivity contribution in [2.75, 3.05) is 7.11 Å². The van der Waals surface area contributed by atoms with Gasteiger partial charge in [-0.25, -0.2) is 0 Å². The molecule has 4 aliphatic carbocycles. The van der Waals surface area contributed by atoms with Crippen LogP contribution in [0.2, 0.25) is 0 Å². The van der Waals surface area contributed by atoms with Crippen LogP contribution >= 0.6 is 0 Å². The van der Waals surface area contributed by atoms with Gasteiger partial charge < -0.3 is 4.74 Å². The zero-order chi connectivity index (χ0) is 22.8. The van der Waals surface area contributed by atoms with Gasteiger partial charge in [0.25, 0.3) is 0 Å². The first-order chi connectivity index (χ1) is 14.8. The van der Waals surface area contributed by atoms with E-state index in [1.165, 1.54) is 70.6 Å². The number of allylic oxidation sites excluding steroid dienone is 1. The van der Waals surface area contributed by atoms with Crippen LogP contribution in [0.3, 0.4) is 0 Å². The molecule has 1 heteroatoms. The van der Waals surface area contributed by atoms with E-state index in [0.29, 0.717) is 16.9 Å². The Morgan fingerprint density at radius 1 is 1.00 bits per heavy atom. The fraction of sp³-hybridized carbons (Fsp3) is 0.867. The van der Waals surface area contributed by atoms with E-state index in [2.05, 4.69) is 53.9 Å². The van der Waals surface area contributed by atoms with Crippen molar-refractivity contribution in [1.29, 1.82) is 0 Å². The van der Waals surface area contributed by atoms with Gasteiger partial charge in [0, 0.05) is 7.11 Å². The molecule has 4 rings (SSSR count). The molecule has 0 N–H and O–H groups in total. The van der Waals surface area contributed by atoms with E-state index in [1.54, 1.807) is 5.57 Å². The van der Waals surface area contributed by atoms with Gasteiger partial charge in [0.1, 0.15) is 0 Å². The van der Waals surface area contributed by atoms with E-state index in [4.69, 9.17) is 4.74 Å². The summed E-state index contributed by atoms with van der Waals surface area (Å²) in [5.41, 5.74) is 2.85. The van der Waals surface area contributed by atoms with Crippen LogP contribution in [-0.2, 0) is 4.74 Å². The SMILES string of the molecule is C=C.CO[C@H]1CC[C@@]2(C)C(=CC[C@@H]3[C@@H]2CC[C@]2(C)C([C@H](C)CCCC(C)C)CC[C@@H]32)C1. The lowest BCUT2D eigenvalue weighted by Gasteiger charge is -2.58. The van der Waals surface area contributed by atoms with Gasteiger partial charge in [-0.1, -0.05) is 65.5 Å². The van der Waals surface area contributed by atoms with Crippen molar-refractivity contribution in [3.8, 4) is 0 Å². The first-order valence-electron chi connectivity index (χ1n) is 13.5. The van der Waals surface area contributed by atoms with Crippen molar-refractivity contribution in [3.05, 3.63) is 24.8 Å². The van der Waals surface area contributed by atoms with Gasteiger partial charge in [0.05, 0.1) is 6.10 Å². The molecule has 0 radical (unpaired) electrons. The molecule has 3 fully saturated rings. The summed E-state index contributed by atoms with van der Waals surface area (Å²) >= 11 is 0. The maximum absolute atomic E-state index is 5.75. The Hall–Kier alpha value is -0.560. The molecule has 0 saturated heterocycles. The molecule has 0 bridgehead atoms. The monoisotopic (exact) mass is 428 g/mol. The number of methoxy groups -OCH3 is 1. The molecule has 178 valence electrons. The van der Waals surface area contributed by atoms with Crippen LogP contribution in [0.5, 0.6) is 0 Å². The Bertz CT molecular complexity index is 620. The maximum Gasteiger partial charge on any atom is 0.0608 e. The molecule has 0 aromatic heterocycles. The van der Waals surface area contributed by atoms with E-state index in [9.17, 15) is 0 Å². The highest BCUT2D eigenvalue weighted by Crippen LogP contribution is 2.67. The van der Waals surface area contributed by atoms with Gasteiger partial charge in [-0.2, -0.15) is 0 Å². The van der Waals surface area contributed by atoms with Crippen LogP contribution in [0.4, 0.5) is 0 Å². The Balaban J connectivity index is 0.00000132. The summed E-state index contributed by atoms with van der Waals surface area (Å²) in [5, 5.41) is 0. The molecule has 8 atom stereocenters. The topological polar surface area (TPSA) is 9.23 Å². The summed E-state index contributed by atoms with van der Waals surface area (Å²) in [7, 11) is 1.91. The van der Waals surface area contributed by atoms with Gasteiger partial charge in [0.15, 0.2) is 0 Å². The van der Waals surface area contributed by atoms with Gasteiger partial charge in [-0.15, -0.1) is 13.2 Å². The minimum Gasteiger partial charge on any atom is -0.381 e. The van der Waals surface area contributed by atoms with Crippen LogP contribution in [0.15, 0.2) is 24.8 Å². The predicted octanol–water partition coefficient (Wildman–Crippen LogP) is 8.85. The lowest BCUT2D eigenvalue weighted by molar-refractivity contribution is -0.0601. The standard InChI is InChI=1S/C28H48O.C2H4/c1-19(2)8-7-9-20(3)24-12-13-25-23-11-10-21-18-22(29-6)14-16-27(21,4)26(23)15-17-28(24,25)5;1-2/h10,19-20,22-26H,7-9,11-18H2,1-6H3;1-2H2/t20-,22+,23+,24?,25+,26+,27+,28-;/m1./s1. The zero-order valence-electron chi connectivity index (χ0n) is 21.7. The van der Waals surface area contributed by atoms with Crippen molar-refractivity contribution in [3.63, 3.8) is 0 Å². The summed E-state index contributed by atoms with van der Waals surface area (Å²) in [5.74, 6) is 5.63. The molecule has 0 heterocycles. The summed E-state index contributed by atoms with van der Waals surface area (Å²) in [6.45, 7) is 18.7. The van der Waals surface area contributed by atoms with Crippen molar-refractivity contribution in [2.24, 2.45) is 46.3 Å². The first-order valence-corrected chi connectivity index (χ1v) is 13.5. The van der Waals surface area contributed by atoms with Gasteiger partial charge in [0.2, 0.25) is 0 Å². The van der Waals surface area contributed by atoms with Crippen LogP contribution in [0, 0.1) is 46.3 Å². The number of rotatable bonds is 6. The zero-order valence-corrected chi connectivity index (χ0v) is 21.7. The van der Waals surface area contributed by atoms with Crippen LogP contribution in [0.1, 0.15) is 105 Å². The molecule has 0 spiro atoms. The fourth-order valence-corrected chi connectivity index (χ4v) is 8.85. The Morgan fingerprint density at radius 3 is 2.42 bits per heavy atom. The van der Waals surface area contributed by atoms with Crippen molar-refractivity contribution in [1.82, 2.24) is 0 Å². The smallest absolute Gasteiger partial charge is 0.0608 e. The minimum atomic E-state index is 0.472. The molecule has 0 aromatic carbocycles. The second-order valence-electron chi connectivity index (χ2n) is 12.4. The predicted molar refractivity (Wildman–Crippen MR) is 135 cm³/mol. The van der Waals surface area contributed by atoms with Crippen molar-refractivity contribution < 1.29 is 4.74 Å². The lowest BCUT2D eigenvalue weighted by Crippen LogP contribution is -2.50. The average molecular weight is 429 g/mol. The summed E-state index contributed by atoms with van der Waals surface area (Å²) < 4.78 is 5.75. The van der Waals surface area contributed by atoms with Gasteiger partial charge in [-0.3, -0.25) is 0 Å². The third-order valence-electron chi connectivity index (χ3n) is 10.6. The molecule has 0 amide bonds. The fourth-order valence-electron chi connectivity index (χ4n) is 8.85. The van der Waals surface area contributed by atoms with Crippen molar-refractivity contribution in [2.45, 2.75) is 111 Å². The second-order valence-corrected chi connectivity index (χ2v) is 12.4. The summed E-state index contributed by atoms with van der Waals surface area (Å²) in [4.78, 5) is 0. The molecule has 31 heavy (non-hydrogen) atoms. The number of ether oxygens (including phenoxy) is 1. The maximum atomic E-state index is 5.75. The number of hydrogen-bond acceptors (Lipinski definition) is 1. The van der Waals surface area contributed by atoms with Crippen LogP contribution in [0.25, 0.3) is 0 Å². The highest BCUT2D eigenvalue weighted by molar-refractivity contribution is 5.25. The summed E-state index contributed by atoms with van der Waals surface area (Å²) in [6.07, 6.45) is 18.7. The molecule has 1 unspecified atom stereocenters. The quantitative estimate of drug-likeness (QED) is 0.384.